The Balaban J connectivity index is 0.00000420. The van der Waals surface area contributed by atoms with Gasteiger partial charge >= 0.3 is 0 Å². The maximum Gasteiger partial charge on any atom is 0.191 e. The number of hydrogen-bond acceptors (Lipinski definition) is 4. The number of aliphatic hydroxyl groups is 1. The summed E-state index contributed by atoms with van der Waals surface area (Å²) in [4.78, 5) is 4.45. The molecule has 0 bridgehead atoms. The molecular weight excluding hydrogens is 488 g/mol. The zero-order valence-electron chi connectivity index (χ0n) is 17.2. The highest BCUT2D eigenvalue weighted by atomic mass is 127. The molecule has 0 aliphatic carbocycles. The Hall–Kier alpha value is -2.07. The third kappa shape index (κ3) is 7.69. The van der Waals surface area contributed by atoms with Crippen LogP contribution in [0.3, 0.4) is 0 Å². The molecule has 8 heteroatoms. The van der Waals surface area contributed by atoms with Gasteiger partial charge in [0, 0.05) is 19.2 Å². The molecule has 0 spiro atoms. The molecule has 0 aromatic heterocycles. The highest BCUT2D eigenvalue weighted by Gasteiger charge is 2.12. The van der Waals surface area contributed by atoms with Crippen LogP contribution in [0.25, 0.3) is 0 Å². The van der Waals surface area contributed by atoms with Gasteiger partial charge in [-0.05, 0) is 48.7 Å². The number of benzene rings is 2. The molecule has 160 valence electrons. The van der Waals surface area contributed by atoms with Crippen molar-refractivity contribution < 1.29 is 19.0 Å². The van der Waals surface area contributed by atoms with Crippen LogP contribution < -0.4 is 20.1 Å². The molecule has 0 heterocycles. The van der Waals surface area contributed by atoms with Gasteiger partial charge in [-0.15, -0.1) is 24.0 Å². The largest absolute Gasteiger partial charge is 0.497 e. The summed E-state index contributed by atoms with van der Waals surface area (Å²) in [5, 5.41) is 16.7. The van der Waals surface area contributed by atoms with E-state index in [9.17, 15) is 9.50 Å². The molecule has 0 radical (unpaired) electrons. The van der Waals surface area contributed by atoms with E-state index in [2.05, 4.69) is 15.6 Å². The van der Waals surface area contributed by atoms with Gasteiger partial charge in [0.2, 0.25) is 0 Å². The number of hydrogen-bond donors (Lipinski definition) is 3. The highest BCUT2D eigenvalue weighted by molar-refractivity contribution is 14.0. The quantitative estimate of drug-likeness (QED) is 0.284. The van der Waals surface area contributed by atoms with Gasteiger partial charge in [0.1, 0.15) is 17.3 Å². The van der Waals surface area contributed by atoms with Crippen LogP contribution in [-0.4, -0.2) is 38.4 Å². The van der Waals surface area contributed by atoms with Crippen LogP contribution in [0.5, 0.6) is 11.5 Å². The van der Waals surface area contributed by atoms with Gasteiger partial charge in [0.05, 0.1) is 26.9 Å². The van der Waals surface area contributed by atoms with Crippen molar-refractivity contribution in [3.63, 3.8) is 0 Å². The lowest BCUT2D eigenvalue weighted by Crippen LogP contribution is -2.39. The van der Waals surface area contributed by atoms with Gasteiger partial charge in [0.25, 0.3) is 0 Å². The molecule has 2 aromatic carbocycles. The van der Waals surface area contributed by atoms with Gasteiger partial charge in [-0.25, -0.2) is 9.38 Å². The summed E-state index contributed by atoms with van der Waals surface area (Å²) in [6.45, 7) is 4.91. The van der Waals surface area contributed by atoms with Crippen LogP contribution in [0.2, 0.25) is 0 Å². The van der Waals surface area contributed by atoms with E-state index in [1.165, 1.54) is 6.07 Å². The summed E-state index contributed by atoms with van der Waals surface area (Å²) < 4.78 is 24.2. The lowest BCUT2D eigenvalue weighted by molar-refractivity contribution is 0.180. The van der Waals surface area contributed by atoms with Crippen LogP contribution in [0, 0.1) is 12.7 Å². The second-order valence-corrected chi connectivity index (χ2v) is 6.32. The fourth-order valence-corrected chi connectivity index (χ4v) is 2.58. The number of aryl methyl sites for hydroxylation is 1. The van der Waals surface area contributed by atoms with Crippen molar-refractivity contribution in [2.45, 2.75) is 26.5 Å². The minimum atomic E-state index is -0.787. The van der Waals surface area contributed by atoms with E-state index in [1.807, 2.05) is 13.0 Å². The molecule has 1 atom stereocenters. The van der Waals surface area contributed by atoms with Crippen molar-refractivity contribution in [2.75, 3.05) is 27.3 Å². The monoisotopic (exact) mass is 517 g/mol. The van der Waals surface area contributed by atoms with E-state index in [-0.39, 0.29) is 36.3 Å². The third-order valence-electron chi connectivity index (χ3n) is 4.22. The van der Waals surface area contributed by atoms with Crippen molar-refractivity contribution >= 4 is 29.9 Å². The zero-order chi connectivity index (χ0) is 20.5. The number of aliphatic imine (C=N–C) groups is 1. The number of rotatable bonds is 8. The number of ether oxygens (including phenoxy) is 2. The average molecular weight is 517 g/mol. The standard InChI is InChI=1S/C21H28FN3O3.HI/c1-5-23-21(24-12-15-7-6-14(2)19(22)8-15)25-13-20(26)16-9-17(27-3)11-18(10-16)28-4;/h6-11,20,26H,5,12-13H2,1-4H3,(H2,23,24,25);1H. The molecule has 1 unspecified atom stereocenters. The molecule has 0 saturated carbocycles. The lowest BCUT2D eigenvalue weighted by atomic mass is 10.1. The minimum Gasteiger partial charge on any atom is -0.497 e. The number of nitrogens with zero attached hydrogens (tertiary/aromatic N) is 1. The van der Waals surface area contributed by atoms with Crippen molar-refractivity contribution in [3.05, 3.63) is 58.9 Å². The first-order valence-corrected chi connectivity index (χ1v) is 9.15. The van der Waals surface area contributed by atoms with E-state index < -0.39 is 6.10 Å². The van der Waals surface area contributed by atoms with Crippen molar-refractivity contribution in [3.8, 4) is 11.5 Å². The molecule has 6 nitrogen and oxygen atoms in total. The number of halogens is 2. The first-order chi connectivity index (χ1) is 13.5. The normalized spacial score (nSPS) is 12.0. The number of nitrogens with one attached hydrogen (secondary N) is 2. The Morgan fingerprint density at radius 3 is 2.31 bits per heavy atom. The van der Waals surface area contributed by atoms with E-state index in [0.717, 1.165) is 5.56 Å². The summed E-state index contributed by atoms with van der Waals surface area (Å²) in [5.74, 6) is 1.51. The molecule has 0 saturated heterocycles. The molecule has 0 amide bonds. The van der Waals surface area contributed by atoms with E-state index in [0.29, 0.717) is 41.7 Å². The Morgan fingerprint density at radius 1 is 1.10 bits per heavy atom. The zero-order valence-corrected chi connectivity index (χ0v) is 19.5. The first kappa shape index (κ1) is 25.0. The van der Waals surface area contributed by atoms with Crippen LogP contribution in [-0.2, 0) is 6.54 Å². The van der Waals surface area contributed by atoms with E-state index in [1.54, 1.807) is 45.4 Å². The summed E-state index contributed by atoms with van der Waals surface area (Å²) in [6, 6.07) is 10.3. The third-order valence-corrected chi connectivity index (χ3v) is 4.22. The predicted molar refractivity (Wildman–Crippen MR) is 124 cm³/mol. The molecule has 0 aliphatic heterocycles. The van der Waals surface area contributed by atoms with Crippen LogP contribution in [0.15, 0.2) is 41.4 Å². The fourth-order valence-electron chi connectivity index (χ4n) is 2.58. The Bertz CT molecular complexity index is 796. The number of guanidine groups is 1. The maximum absolute atomic E-state index is 13.7. The molecule has 0 fully saturated rings. The summed E-state index contributed by atoms with van der Waals surface area (Å²) in [6.07, 6.45) is -0.787. The van der Waals surface area contributed by atoms with Gasteiger partial charge in [0.15, 0.2) is 5.96 Å². The van der Waals surface area contributed by atoms with Crippen molar-refractivity contribution in [1.82, 2.24) is 10.6 Å². The Kier molecular flexibility index (Phi) is 10.7. The topological polar surface area (TPSA) is 75.1 Å². The predicted octanol–water partition coefficient (Wildman–Crippen LogP) is 3.56. The molecule has 2 aromatic rings. The van der Waals surface area contributed by atoms with Crippen LogP contribution >= 0.6 is 24.0 Å². The maximum atomic E-state index is 13.7. The van der Waals surface area contributed by atoms with Crippen molar-refractivity contribution in [1.29, 1.82) is 0 Å². The summed E-state index contributed by atoms with van der Waals surface area (Å²) in [5.41, 5.74) is 2.05. The van der Waals surface area contributed by atoms with Gasteiger partial charge < -0.3 is 25.2 Å². The van der Waals surface area contributed by atoms with E-state index in [4.69, 9.17) is 9.47 Å². The number of methoxy groups -OCH3 is 2. The molecule has 3 N–H and O–H groups in total. The molecule has 29 heavy (non-hydrogen) atoms. The smallest absolute Gasteiger partial charge is 0.191 e. The Labute approximate surface area is 188 Å². The second-order valence-electron chi connectivity index (χ2n) is 6.32. The van der Waals surface area contributed by atoms with Gasteiger partial charge in [-0.3, -0.25) is 0 Å². The first-order valence-electron chi connectivity index (χ1n) is 9.15. The van der Waals surface area contributed by atoms with Gasteiger partial charge in [-0.2, -0.15) is 0 Å². The minimum absolute atomic E-state index is 0. The molecule has 2 rings (SSSR count). The molecule has 0 aliphatic rings. The molecular formula is C21H29FIN3O3. The number of aliphatic hydroxyl groups excluding tert-OH is 1. The Morgan fingerprint density at radius 2 is 1.76 bits per heavy atom. The van der Waals surface area contributed by atoms with Crippen LogP contribution in [0.4, 0.5) is 4.39 Å². The van der Waals surface area contributed by atoms with Gasteiger partial charge in [-0.1, -0.05) is 12.1 Å². The van der Waals surface area contributed by atoms with E-state index >= 15 is 0 Å². The van der Waals surface area contributed by atoms with Crippen LogP contribution in [0.1, 0.15) is 29.7 Å². The highest BCUT2D eigenvalue weighted by Crippen LogP contribution is 2.26. The fraction of sp³-hybridized carbons (Fsp3) is 0.381. The van der Waals surface area contributed by atoms with Crippen molar-refractivity contribution in [2.24, 2.45) is 4.99 Å². The second kappa shape index (κ2) is 12.5. The summed E-state index contributed by atoms with van der Waals surface area (Å²) in [7, 11) is 3.13. The summed E-state index contributed by atoms with van der Waals surface area (Å²) >= 11 is 0. The SMILES string of the molecule is CCNC(=NCc1ccc(C)c(F)c1)NCC(O)c1cc(OC)cc(OC)c1.I. The lowest BCUT2D eigenvalue weighted by Gasteiger charge is -2.17. The average Bonchev–Trinajstić information content (AvgIpc) is 2.71.